The maximum absolute atomic E-state index is 13.5. The smallest absolute Gasteiger partial charge is 0.241 e. The molecule has 146 valence electrons. The molecule has 3 unspecified atom stereocenters. The van der Waals surface area contributed by atoms with Crippen LogP contribution in [0.3, 0.4) is 0 Å². The molecule has 0 aromatic heterocycles. The molecule has 1 aromatic rings. The SMILES string of the molecule is Cc1c(C)c(C)c(C2(C)C(C)C(C)(C)C(C)C(=O)N2N(C)C)c(C)c1C. The molecule has 1 amide bonds. The maximum atomic E-state index is 13.5. The van der Waals surface area contributed by atoms with Crippen molar-refractivity contribution in [2.45, 2.75) is 74.8 Å². The summed E-state index contributed by atoms with van der Waals surface area (Å²) >= 11 is 0. The molecule has 2 rings (SSSR count). The standard InChI is InChI=1S/C23H38N2O/c1-13-14(2)16(4)20(17(5)15(13)3)23(10)19(7)22(8,9)18(6)21(26)25(23)24(11)12/h18-19H,1-12H3. The van der Waals surface area contributed by atoms with Crippen LogP contribution in [-0.2, 0) is 10.3 Å². The van der Waals surface area contributed by atoms with Crippen molar-refractivity contribution in [1.29, 1.82) is 0 Å². The summed E-state index contributed by atoms with van der Waals surface area (Å²) in [5.74, 6) is 0.514. The van der Waals surface area contributed by atoms with Gasteiger partial charge in [-0.1, -0.05) is 27.7 Å². The summed E-state index contributed by atoms with van der Waals surface area (Å²) in [5.41, 5.74) is 7.57. The fourth-order valence-electron chi connectivity index (χ4n) is 5.21. The van der Waals surface area contributed by atoms with E-state index in [-0.39, 0.29) is 22.8 Å². The second-order valence-corrected chi connectivity index (χ2v) is 9.41. The van der Waals surface area contributed by atoms with E-state index >= 15 is 0 Å². The molecule has 1 fully saturated rings. The van der Waals surface area contributed by atoms with Crippen molar-refractivity contribution in [2.24, 2.45) is 17.3 Å². The molecule has 26 heavy (non-hydrogen) atoms. The number of carbonyl (C=O) groups is 1. The van der Waals surface area contributed by atoms with E-state index in [1.165, 1.54) is 33.4 Å². The van der Waals surface area contributed by atoms with Crippen molar-refractivity contribution < 1.29 is 4.79 Å². The number of hydrazine groups is 1. The lowest BCUT2D eigenvalue weighted by Gasteiger charge is -2.60. The van der Waals surface area contributed by atoms with Gasteiger partial charge in [0.05, 0.1) is 5.54 Å². The van der Waals surface area contributed by atoms with Gasteiger partial charge in [0.25, 0.3) is 0 Å². The normalized spacial score (nSPS) is 28.8. The Labute approximate surface area is 160 Å². The van der Waals surface area contributed by atoms with Crippen LogP contribution in [0.5, 0.6) is 0 Å². The van der Waals surface area contributed by atoms with Crippen LogP contribution < -0.4 is 0 Å². The maximum Gasteiger partial charge on any atom is 0.241 e. The first-order valence-electron chi connectivity index (χ1n) is 9.81. The van der Waals surface area contributed by atoms with Crippen LogP contribution in [0.25, 0.3) is 0 Å². The highest BCUT2D eigenvalue weighted by atomic mass is 16.2. The molecule has 0 spiro atoms. The van der Waals surface area contributed by atoms with E-state index in [0.29, 0.717) is 5.92 Å². The van der Waals surface area contributed by atoms with Crippen molar-refractivity contribution in [3.05, 3.63) is 33.4 Å². The third-order valence-electron chi connectivity index (χ3n) is 8.00. The van der Waals surface area contributed by atoms with E-state index in [0.717, 1.165) is 0 Å². The molecule has 1 aromatic carbocycles. The molecular weight excluding hydrogens is 320 g/mol. The lowest BCUT2D eigenvalue weighted by Crippen LogP contribution is -2.67. The zero-order valence-electron chi connectivity index (χ0n) is 19.0. The van der Waals surface area contributed by atoms with Gasteiger partial charge in [0, 0.05) is 20.0 Å². The second-order valence-electron chi connectivity index (χ2n) is 9.41. The Hall–Kier alpha value is -1.35. The predicted octanol–water partition coefficient (Wildman–Crippen LogP) is 5.06. The molecule has 3 atom stereocenters. The van der Waals surface area contributed by atoms with Gasteiger partial charge in [0.15, 0.2) is 0 Å². The molecular formula is C23H38N2O. The number of amides is 1. The highest BCUT2D eigenvalue weighted by Gasteiger charge is 2.58. The van der Waals surface area contributed by atoms with Crippen molar-refractivity contribution in [1.82, 2.24) is 10.0 Å². The van der Waals surface area contributed by atoms with Crippen LogP contribution in [0.1, 0.15) is 68.0 Å². The third kappa shape index (κ3) is 2.54. The van der Waals surface area contributed by atoms with Crippen molar-refractivity contribution in [3.63, 3.8) is 0 Å². The van der Waals surface area contributed by atoms with Gasteiger partial charge in [-0.05, 0) is 86.3 Å². The van der Waals surface area contributed by atoms with Gasteiger partial charge < -0.3 is 0 Å². The highest BCUT2D eigenvalue weighted by molar-refractivity contribution is 5.81. The second kappa shape index (κ2) is 6.37. The van der Waals surface area contributed by atoms with E-state index in [2.05, 4.69) is 69.2 Å². The van der Waals surface area contributed by atoms with Gasteiger partial charge in [0.1, 0.15) is 0 Å². The average Bonchev–Trinajstić information content (AvgIpc) is 2.55. The first-order valence-corrected chi connectivity index (χ1v) is 9.81. The van der Waals surface area contributed by atoms with Crippen LogP contribution in [0.2, 0.25) is 0 Å². The van der Waals surface area contributed by atoms with Crippen LogP contribution in [0.15, 0.2) is 0 Å². The summed E-state index contributed by atoms with van der Waals surface area (Å²) < 4.78 is 0. The number of benzene rings is 1. The monoisotopic (exact) mass is 358 g/mol. The number of rotatable bonds is 2. The van der Waals surface area contributed by atoms with E-state index in [4.69, 9.17) is 0 Å². The first kappa shape index (κ1) is 21.0. The van der Waals surface area contributed by atoms with E-state index in [1.807, 2.05) is 24.1 Å². The molecule has 3 heteroatoms. The summed E-state index contributed by atoms with van der Waals surface area (Å²) in [4.78, 5) is 13.5. The molecule has 3 nitrogen and oxygen atoms in total. The summed E-state index contributed by atoms with van der Waals surface area (Å²) in [6, 6.07) is 0. The van der Waals surface area contributed by atoms with Gasteiger partial charge in [-0.3, -0.25) is 9.80 Å². The molecule has 1 aliphatic rings. The van der Waals surface area contributed by atoms with Gasteiger partial charge in [-0.15, -0.1) is 0 Å². The topological polar surface area (TPSA) is 23.6 Å². The number of nitrogens with zero attached hydrogens (tertiary/aromatic N) is 2. The molecule has 1 heterocycles. The first-order chi connectivity index (χ1) is 11.7. The van der Waals surface area contributed by atoms with E-state index in [9.17, 15) is 4.79 Å². The largest absolute Gasteiger partial charge is 0.273 e. The summed E-state index contributed by atoms with van der Waals surface area (Å²) in [6.07, 6.45) is 0. The zero-order chi connectivity index (χ0) is 20.4. The minimum absolute atomic E-state index is 0.0128. The Morgan fingerprint density at radius 3 is 1.58 bits per heavy atom. The van der Waals surface area contributed by atoms with Gasteiger partial charge in [-0.25, -0.2) is 5.01 Å². The highest BCUT2D eigenvalue weighted by Crippen LogP contribution is 2.55. The summed E-state index contributed by atoms with van der Waals surface area (Å²) in [7, 11) is 3.99. The minimum atomic E-state index is -0.381. The Kier molecular flexibility index (Phi) is 5.13. The lowest BCUT2D eigenvalue weighted by atomic mass is 9.57. The van der Waals surface area contributed by atoms with Gasteiger partial charge in [-0.2, -0.15) is 0 Å². The predicted molar refractivity (Wildman–Crippen MR) is 110 cm³/mol. The number of hydrogen-bond acceptors (Lipinski definition) is 2. The summed E-state index contributed by atoms with van der Waals surface area (Å²) in [5, 5.41) is 4.02. The average molecular weight is 359 g/mol. The third-order valence-corrected chi connectivity index (χ3v) is 8.00. The van der Waals surface area contributed by atoms with Crippen LogP contribution in [0, 0.1) is 51.9 Å². The molecule has 0 N–H and O–H groups in total. The van der Waals surface area contributed by atoms with E-state index < -0.39 is 0 Å². The molecule has 0 aliphatic carbocycles. The number of piperidine rings is 1. The Morgan fingerprint density at radius 1 is 0.808 bits per heavy atom. The molecule has 0 radical (unpaired) electrons. The Morgan fingerprint density at radius 2 is 1.19 bits per heavy atom. The Bertz CT molecular complexity index is 718. The Balaban J connectivity index is 2.94. The van der Waals surface area contributed by atoms with Crippen molar-refractivity contribution in [2.75, 3.05) is 14.1 Å². The van der Waals surface area contributed by atoms with Crippen molar-refractivity contribution >= 4 is 5.91 Å². The van der Waals surface area contributed by atoms with E-state index in [1.54, 1.807) is 0 Å². The minimum Gasteiger partial charge on any atom is -0.273 e. The van der Waals surface area contributed by atoms with Crippen LogP contribution in [0.4, 0.5) is 0 Å². The summed E-state index contributed by atoms with van der Waals surface area (Å²) in [6.45, 7) is 22.3. The van der Waals surface area contributed by atoms with Crippen LogP contribution in [-0.4, -0.2) is 30.0 Å². The van der Waals surface area contributed by atoms with Gasteiger partial charge >= 0.3 is 0 Å². The van der Waals surface area contributed by atoms with Gasteiger partial charge in [0.2, 0.25) is 5.91 Å². The molecule has 1 aliphatic heterocycles. The lowest BCUT2D eigenvalue weighted by molar-refractivity contribution is -0.199. The number of hydrogen-bond donors (Lipinski definition) is 0. The number of carbonyl (C=O) groups excluding carboxylic acids is 1. The zero-order valence-corrected chi connectivity index (χ0v) is 19.0. The van der Waals surface area contributed by atoms with Crippen molar-refractivity contribution in [3.8, 4) is 0 Å². The molecule has 0 bridgehead atoms. The molecule has 0 saturated carbocycles. The van der Waals surface area contributed by atoms with Crippen LogP contribution >= 0.6 is 0 Å². The fraction of sp³-hybridized carbons (Fsp3) is 0.696. The quantitative estimate of drug-likeness (QED) is 0.737. The molecule has 1 saturated heterocycles. The fourth-order valence-corrected chi connectivity index (χ4v) is 5.21.